The fourth-order valence-corrected chi connectivity index (χ4v) is 4.22. The standard InChI is InChI=1S/C22H37N5.HI/c1-3-23-22(25-17-21-8-7-15-27(21)4-2)24-16-19-9-11-20(12-10-19)18-26-13-5-6-14-26;/h9-12,21H,3-8,13-18H2,1-2H3,(H2,23,24,25);1H. The van der Waals surface area contributed by atoms with Crippen LogP contribution in [-0.2, 0) is 13.1 Å². The topological polar surface area (TPSA) is 42.9 Å². The number of rotatable bonds is 8. The Bertz CT molecular complexity index is 583. The molecule has 1 aromatic carbocycles. The van der Waals surface area contributed by atoms with E-state index in [1.54, 1.807) is 0 Å². The molecule has 2 fully saturated rings. The van der Waals surface area contributed by atoms with Crippen LogP contribution >= 0.6 is 24.0 Å². The number of aliphatic imine (C=N–C) groups is 1. The number of benzene rings is 1. The highest BCUT2D eigenvalue weighted by atomic mass is 127. The molecule has 0 radical (unpaired) electrons. The van der Waals surface area contributed by atoms with Gasteiger partial charge in [-0.15, -0.1) is 24.0 Å². The maximum Gasteiger partial charge on any atom is 0.191 e. The molecule has 6 heteroatoms. The van der Waals surface area contributed by atoms with Crippen molar-refractivity contribution < 1.29 is 0 Å². The summed E-state index contributed by atoms with van der Waals surface area (Å²) in [5.74, 6) is 0.932. The van der Waals surface area contributed by atoms with Gasteiger partial charge in [-0.2, -0.15) is 0 Å². The zero-order valence-electron chi connectivity index (χ0n) is 17.6. The number of hydrogen-bond donors (Lipinski definition) is 2. The second kappa shape index (κ2) is 12.6. The molecule has 2 N–H and O–H groups in total. The average molecular weight is 499 g/mol. The monoisotopic (exact) mass is 499 g/mol. The molecule has 2 heterocycles. The lowest BCUT2D eigenvalue weighted by Crippen LogP contribution is -2.44. The van der Waals surface area contributed by atoms with Gasteiger partial charge in [-0.1, -0.05) is 31.2 Å². The summed E-state index contributed by atoms with van der Waals surface area (Å²) in [6, 6.07) is 9.63. The predicted molar refractivity (Wildman–Crippen MR) is 129 cm³/mol. The molecule has 1 unspecified atom stereocenters. The molecular weight excluding hydrogens is 461 g/mol. The molecule has 158 valence electrons. The van der Waals surface area contributed by atoms with Crippen molar-refractivity contribution in [2.75, 3.05) is 39.3 Å². The molecule has 28 heavy (non-hydrogen) atoms. The van der Waals surface area contributed by atoms with E-state index in [1.165, 1.54) is 56.4 Å². The minimum atomic E-state index is 0. The summed E-state index contributed by atoms with van der Waals surface area (Å²) >= 11 is 0. The van der Waals surface area contributed by atoms with Crippen molar-refractivity contribution in [3.8, 4) is 0 Å². The molecule has 1 atom stereocenters. The first kappa shape index (κ1) is 23.4. The molecule has 5 nitrogen and oxygen atoms in total. The molecule has 1 aromatic rings. The largest absolute Gasteiger partial charge is 0.357 e. The summed E-state index contributed by atoms with van der Waals surface area (Å²) in [7, 11) is 0. The van der Waals surface area contributed by atoms with E-state index < -0.39 is 0 Å². The first-order valence-electron chi connectivity index (χ1n) is 10.8. The number of guanidine groups is 1. The Morgan fingerprint density at radius 3 is 2.39 bits per heavy atom. The van der Waals surface area contributed by atoms with Gasteiger partial charge in [0.25, 0.3) is 0 Å². The van der Waals surface area contributed by atoms with E-state index >= 15 is 0 Å². The molecule has 0 aliphatic carbocycles. The first-order valence-corrected chi connectivity index (χ1v) is 10.8. The van der Waals surface area contributed by atoms with Gasteiger partial charge in [-0.25, -0.2) is 4.99 Å². The molecule has 0 saturated carbocycles. The second-order valence-corrected chi connectivity index (χ2v) is 7.80. The van der Waals surface area contributed by atoms with Crippen molar-refractivity contribution in [2.24, 2.45) is 4.99 Å². The van der Waals surface area contributed by atoms with Crippen LogP contribution in [-0.4, -0.2) is 61.1 Å². The van der Waals surface area contributed by atoms with Crippen LogP contribution in [0.2, 0.25) is 0 Å². The van der Waals surface area contributed by atoms with E-state index in [4.69, 9.17) is 4.99 Å². The molecule has 0 amide bonds. The zero-order chi connectivity index (χ0) is 18.9. The van der Waals surface area contributed by atoms with E-state index in [-0.39, 0.29) is 24.0 Å². The predicted octanol–water partition coefficient (Wildman–Crippen LogP) is 3.44. The van der Waals surface area contributed by atoms with Crippen molar-refractivity contribution in [1.29, 1.82) is 0 Å². The van der Waals surface area contributed by atoms with E-state index in [2.05, 4.69) is 58.5 Å². The fraction of sp³-hybridized carbons (Fsp3) is 0.682. The van der Waals surface area contributed by atoms with E-state index in [1.807, 2.05) is 0 Å². The summed E-state index contributed by atoms with van der Waals surface area (Å²) in [5.41, 5.74) is 2.68. The minimum Gasteiger partial charge on any atom is -0.357 e. The van der Waals surface area contributed by atoms with Gasteiger partial charge in [0, 0.05) is 25.7 Å². The van der Waals surface area contributed by atoms with Crippen molar-refractivity contribution in [3.05, 3.63) is 35.4 Å². The zero-order valence-corrected chi connectivity index (χ0v) is 20.0. The number of hydrogen-bond acceptors (Lipinski definition) is 3. The van der Waals surface area contributed by atoms with Gasteiger partial charge in [-0.3, -0.25) is 9.80 Å². The molecule has 0 aromatic heterocycles. The number of halogens is 1. The third kappa shape index (κ3) is 7.19. The number of nitrogens with zero attached hydrogens (tertiary/aromatic N) is 3. The van der Waals surface area contributed by atoms with E-state index in [9.17, 15) is 0 Å². The molecule has 2 aliphatic rings. The highest BCUT2D eigenvalue weighted by molar-refractivity contribution is 14.0. The average Bonchev–Trinajstić information content (AvgIpc) is 3.36. The van der Waals surface area contributed by atoms with Gasteiger partial charge in [0.15, 0.2) is 5.96 Å². The molecular formula is C22H38IN5. The maximum absolute atomic E-state index is 4.79. The lowest BCUT2D eigenvalue weighted by Gasteiger charge is -2.24. The normalized spacial score (nSPS) is 20.9. The Morgan fingerprint density at radius 1 is 1.00 bits per heavy atom. The van der Waals surface area contributed by atoms with Gasteiger partial charge < -0.3 is 10.6 Å². The molecule has 3 rings (SSSR count). The summed E-state index contributed by atoms with van der Waals surface area (Å²) in [6.45, 7) is 12.9. The van der Waals surface area contributed by atoms with E-state index in [0.29, 0.717) is 6.04 Å². The lowest BCUT2D eigenvalue weighted by atomic mass is 10.1. The van der Waals surface area contributed by atoms with Gasteiger partial charge >= 0.3 is 0 Å². The SMILES string of the molecule is CCNC(=NCc1ccc(CN2CCCC2)cc1)NCC1CCCN1CC.I. The van der Waals surface area contributed by atoms with Gasteiger partial charge in [0.1, 0.15) is 0 Å². The Hall–Kier alpha value is -0.860. The van der Waals surface area contributed by atoms with Gasteiger partial charge in [0.05, 0.1) is 6.54 Å². The van der Waals surface area contributed by atoms with Crippen molar-refractivity contribution >= 4 is 29.9 Å². The summed E-state index contributed by atoms with van der Waals surface area (Å²) in [4.78, 5) is 9.90. The van der Waals surface area contributed by atoms with Crippen LogP contribution in [0.15, 0.2) is 29.3 Å². The van der Waals surface area contributed by atoms with Gasteiger partial charge in [0.2, 0.25) is 0 Å². The second-order valence-electron chi connectivity index (χ2n) is 7.80. The fourth-order valence-electron chi connectivity index (χ4n) is 4.22. The van der Waals surface area contributed by atoms with Crippen LogP contribution in [0, 0.1) is 0 Å². The van der Waals surface area contributed by atoms with E-state index in [0.717, 1.165) is 38.7 Å². The number of likely N-dealkylation sites (N-methyl/N-ethyl adjacent to an activating group) is 1. The first-order chi connectivity index (χ1) is 13.3. The van der Waals surface area contributed by atoms with Gasteiger partial charge in [-0.05, 0) is 69.9 Å². The maximum atomic E-state index is 4.79. The highest BCUT2D eigenvalue weighted by Gasteiger charge is 2.22. The molecule has 2 saturated heterocycles. The van der Waals surface area contributed by atoms with Crippen molar-refractivity contribution in [2.45, 2.75) is 58.7 Å². The van der Waals surface area contributed by atoms with Crippen LogP contribution in [0.5, 0.6) is 0 Å². The Balaban J connectivity index is 0.00000280. The molecule has 2 aliphatic heterocycles. The Kier molecular flexibility index (Phi) is 10.6. The lowest BCUT2D eigenvalue weighted by molar-refractivity contribution is 0.267. The Labute approximate surface area is 188 Å². The smallest absolute Gasteiger partial charge is 0.191 e. The molecule has 0 spiro atoms. The third-order valence-electron chi connectivity index (χ3n) is 5.80. The van der Waals surface area contributed by atoms with Crippen LogP contribution in [0.1, 0.15) is 50.7 Å². The van der Waals surface area contributed by atoms with Crippen molar-refractivity contribution in [1.82, 2.24) is 20.4 Å². The quantitative estimate of drug-likeness (QED) is 0.327. The van der Waals surface area contributed by atoms with Crippen LogP contribution in [0.4, 0.5) is 0 Å². The Morgan fingerprint density at radius 2 is 1.71 bits per heavy atom. The van der Waals surface area contributed by atoms with Crippen LogP contribution in [0.25, 0.3) is 0 Å². The summed E-state index contributed by atoms with van der Waals surface area (Å²) in [6.07, 6.45) is 5.31. The summed E-state index contributed by atoms with van der Waals surface area (Å²) < 4.78 is 0. The van der Waals surface area contributed by atoms with Crippen LogP contribution < -0.4 is 10.6 Å². The van der Waals surface area contributed by atoms with Crippen LogP contribution in [0.3, 0.4) is 0 Å². The summed E-state index contributed by atoms with van der Waals surface area (Å²) in [5, 5.41) is 6.93. The number of likely N-dealkylation sites (tertiary alicyclic amines) is 2. The number of nitrogens with one attached hydrogen (secondary N) is 2. The highest BCUT2D eigenvalue weighted by Crippen LogP contribution is 2.16. The van der Waals surface area contributed by atoms with Crippen molar-refractivity contribution in [3.63, 3.8) is 0 Å². The third-order valence-corrected chi connectivity index (χ3v) is 5.80. The molecule has 0 bridgehead atoms. The minimum absolute atomic E-state index is 0.